The van der Waals surface area contributed by atoms with Crippen LogP contribution in [0, 0.1) is 6.92 Å². The van der Waals surface area contributed by atoms with E-state index in [1.54, 1.807) is 12.1 Å². The van der Waals surface area contributed by atoms with E-state index in [9.17, 15) is 9.90 Å². The lowest BCUT2D eigenvalue weighted by atomic mass is 10.1. The highest BCUT2D eigenvalue weighted by Gasteiger charge is 2.24. The molecule has 0 aliphatic carbocycles. The van der Waals surface area contributed by atoms with E-state index in [0.29, 0.717) is 20.7 Å². The Morgan fingerprint density at radius 1 is 1.28 bits per heavy atom. The smallest absolute Gasteiger partial charge is 0.264 e. The topological polar surface area (TPSA) is 70.9 Å². The Balaban J connectivity index is 1.89. The van der Waals surface area contributed by atoms with Crippen LogP contribution in [-0.4, -0.2) is 23.3 Å². The Morgan fingerprint density at radius 3 is 2.68 bits per heavy atom. The normalized spacial score (nSPS) is 17.2. The molecule has 1 heterocycles. The molecule has 3 rings (SSSR count). The van der Waals surface area contributed by atoms with Gasteiger partial charge in [-0.15, -0.1) is 0 Å². The summed E-state index contributed by atoms with van der Waals surface area (Å²) in [5, 5.41) is 13.8. The number of methoxy groups -OCH3 is 1. The first kappa shape index (κ1) is 17.4. The highest BCUT2D eigenvalue weighted by atomic mass is 35.5. The third kappa shape index (κ3) is 3.97. The predicted octanol–water partition coefficient (Wildman–Crippen LogP) is 4.25. The summed E-state index contributed by atoms with van der Waals surface area (Å²) in [6.07, 6.45) is 1.56. The molecule has 1 aliphatic rings. The number of aromatic hydroxyl groups is 1. The van der Waals surface area contributed by atoms with Crippen LogP contribution in [0.1, 0.15) is 11.1 Å². The van der Waals surface area contributed by atoms with E-state index < -0.39 is 0 Å². The molecule has 1 aliphatic heterocycles. The minimum atomic E-state index is -0.283. The van der Waals surface area contributed by atoms with Crippen LogP contribution in [0.3, 0.4) is 0 Å². The number of halogens is 1. The van der Waals surface area contributed by atoms with Gasteiger partial charge in [0, 0.05) is 16.7 Å². The monoisotopic (exact) mass is 374 g/mol. The molecule has 128 valence electrons. The Morgan fingerprint density at radius 2 is 2.00 bits per heavy atom. The molecule has 0 atom stereocenters. The Labute approximate surface area is 154 Å². The number of amides is 1. The fourth-order valence-electron chi connectivity index (χ4n) is 2.22. The number of carbonyl (C=O) groups is 1. The maximum absolute atomic E-state index is 12.2. The lowest BCUT2D eigenvalue weighted by Gasteiger charge is -2.07. The molecule has 0 saturated carbocycles. The van der Waals surface area contributed by atoms with E-state index in [1.165, 1.54) is 24.9 Å². The summed E-state index contributed by atoms with van der Waals surface area (Å²) in [7, 11) is 1.44. The zero-order valence-electron chi connectivity index (χ0n) is 13.5. The standard InChI is InChI=1S/C18H15ClN2O3S/c1-10-3-5-13(6-4-10)20-18-21-17(23)15(25-18)8-11-7-12(19)9-14(24-2)16(11)22/h3-9,22H,1-2H3,(H,20,21,23). The number of carbonyl (C=O) groups excluding carboxylic acids is 1. The molecule has 2 aromatic rings. The van der Waals surface area contributed by atoms with Crippen LogP contribution in [0.4, 0.5) is 5.69 Å². The van der Waals surface area contributed by atoms with Crippen molar-refractivity contribution in [2.45, 2.75) is 6.92 Å². The Kier molecular flexibility index (Phi) is 5.01. The van der Waals surface area contributed by atoms with E-state index in [0.717, 1.165) is 11.3 Å². The largest absolute Gasteiger partial charge is 0.504 e. The number of phenolic OH excluding ortho intramolecular Hbond substituents is 1. The number of rotatable bonds is 3. The van der Waals surface area contributed by atoms with Crippen molar-refractivity contribution in [2.24, 2.45) is 4.99 Å². The number of thioether (sulfide) groups is 1. The van der Waals surface area contributed by atoms with Crippen LogP contribution in [0.15, 0.2) is 46.3 Å². The second-order valence-corrected chi connectivity index (χ2v) is 6.83. The number of hydrogen-bond donors (Lipinski definition) is 2. The van der Waals surface area contributed by atoms with Crippen molar-refractivity contribution in [3.8, 4) is 11.5 Å². The summed E-state index contributed by atoms with van der Waals surface area (Å²) >= 11 is 7.22. The lowest BCUT2D eigenvalue weighted by Crippen LogP contribution is -2.19. The summed E-state index contributed by atoms with van der Waals surface area (Å²) in [6.45, 7) is 2.00. The second-order valence-electron chi connectivity index (χ2n) is 5.36. The number of phenols is 1. The minimum absolute atomic E-state index is 0.0725. The van der Waals surface area contributed by atoms with Crippen LogP contribution in [0.25, 0.3) is 6.08 Å². The molecule has 1 amide bonds. The van der Waals surface area contributed by atoms with Crippen molar-refractivity contribution in [1.82, 2.24) is 5.32 Å². The second kappa shape index (κ2) is 7.21. The van der Waals surface area contributed by atoms with Crippen LogP contribution in [0.5, 0.6) is 11.5 Å². The first-order valence-corrected chi connectivity index (χ1v) is 8.58. The van der Waals surface area contributed by atoms with Crippen molar-refractivity contribution in [3.63, 3.8) is 0 Å². The van der Waals surface area contributed by atoms with E-state index in [-0.39, 0.29) is 17.4 Å². The summed E-state index contributed by atoms with van der Waals surface area (Å²) in [4.78, 5) is 17.0. The number of hydrogen-bond acceptors (Lipinski definition) is 5. The predicted molar refractivity (Wildman–Crippen MR) is 102 cm³/mol. The first-order chi connectivity index (χ1) is 12.0. The van der Waals surface area contributed by atoms with E-state index in [4.69, 9.17) is 16.3 Å². The summed E-state index contributed by atoms with van der Waals surface area (Å²) < 4.78 is 5.07. The number of ether oxygens (including phenoxy) is 1. The average molecular weight is 375 g/mol. The fraction of sp³-hybridized carbons (Fsp3) is 0.111. The van der Waals surface area contributed by atoms with E-state index >= 15 is 0 Å². The van der Waals surface area contributed by atoms with Gasteiger partial charge in [-0.3, -0.25) is 4.79 Å². The number of aliphatic imine (C=N–C) groups is 1. The minimum Gasteiger partial charge on any atom is -0.504 e. The van der Waals surface area contributed by atoms with E-state index in [1.807, 2.05) is 31.2 Å². The average Bonchev–Trinajstić information content (AvgIpc) is 2.92. The lowest BCUT2D eigenvalue weighted by molar-refractivity contribution is -0.115. The molecule has 1 fully saturated rings. The third-order valence-electron chi connectivity index (χ3n) is 3.49. The van der Waals surface area contributed by atoms with Crippen molar-refractivity contribution >= 4 is 46.2 Å². The van der Waals surface area contributed by atoms with Crippen LogP contribution in [-0.2, 0) is 4.79 Å². The van der Waals surface area contributed by atoms with Crippen LogP contribution in [0.2, 0.25) is 5.02 Å². The molecule has 2 N–H and O–H groups in total. The molecule has 5 nitrogen and oxygen atoms in total. The molecular weight excluding hydrogens is 360 g/mol. The maximum atomic E-state index is 12.2. The zero-order valence-corrected chi connectivity index (χ0v) is 15.1. The molecule has 0 spiro atoms. The Hall–Kier alpha value is -2.44. The molecule has 7 heteroatoms. The van der Waals surface area contributed by atoms with Crippen molar-refractivity contribution in [1.29, 1.82) is 0 Å². The molecule has 1 saturated heterocycles. The van der Waals surface area contributed by atoms with E-state index in [2.05, 4.69) is 10.3 Å². The fourth-order valence-corrected chi connectivity index (χ4v) is 3.27. The number of benzene rings is 2. The molecule has 2 aromatic carbocycles. The van der Waals surface area contributed by atoms with Gasteiger partial charge in [0.15, 0.2) is 16.7 Å². The zero-order chi connectivity index (χ0) is 18.0. The van der Waals surface area contributed by atoms with Gasteiger partial charge in [0.25, 0.3) is 5.91 Å². The molecule has 25 heavy (non-hydrogen) atoms. The van der Waals surface area contributed by atoms with Crippen LogP contribution < -0.4 is 10.1 Å². The van der Waals surface area contributed by atoms with Crippen molar-refractivity contribution in [2.75, 3.05) is 7.11 Å². The van der Waals surface area contributed by atoms with Gasteiger partial charge in [-0.1, -0.05) is 29.3 Å². The number of aryl methyl sites for hydroxylation is 1. The summed E-state index contributed by atoms with van der Waals surface area (Å²) in [5.41, 5.74) is 2.29. The molecule has 0 bridgehead atoms. The molecule has 0 aromatic heterocycles. The highest BCUT2D eigenvalue weighted by molar-refractivity contribution is 8.18. The SMILES string of the molecule is COc1cc(Cl)cc(C=C2SC(=Nc3ccc(C)cc3)NC2=O)c1O. The van der Waals surface area contributed by atoms with Gasteiger partial charge >= 0.3 is 0 Å². The summed E-state index contributed by atoms with van der Waals surface area (Å²) in [6, 6.07) is 10.7. The first-order valence-electron chi connectivity index (χ1n) is 7.39. The van der Waals surface area contributed by atoms with Crippen molar-refractivity contribution in [3.05, 3.63) is 57.5 Å². The number of nitrogens with zero attached hydrogens (tertiary/aromatic N) is 1. The van der Waals surface area contributed by atoms with Gasteiger partial charge in [-0.05, 0) is 43.0 Å². The van der Waals surface area contributed by atoms with Gasteiger partial charge in [0.05, 0.1) is 17.7 Å². The number of amidine groups is 1. The molecule has 0 radical (unpaired) electrons. The summed E-state index contributed by atoms with van der Waals surface area (Å²) in [5.74, 6) is -0.109. The van der Waals surface area contributed by atoms with Gasteiger partial charge in [-0.2, -0.15) is 0 Å². The van der Waals surface area contributed by atoms with Gasteiger partial charge in [-0.25, -0.2) is 4.99 Å². The van der Waals surface area contributed by atoms with Gasteiger partial charge < -0.3 is 15.2 Å². The molecular formula is C18H15ClN2O3S. The maximum Gasteiger partial charge on any atom is 0.264 e. The van der Waals surface area contributed by atoms with Gasteiger partial charge in [0.2, 0.25) is 0 Å². The van der Waals surface area contributed by atoms with Crippen LogP contribution >= 0.6 is 23.4 Å². The Bertz CT molecular complexity index is 892. The highest BCUT2D eigenvalue weighted by Crippen LogP contribution is 2.37. The number of nitrogens with one attached hydrogen (secondary N) is 1. The van der Waals surface area contributed by atoms with Gasteiger partial charge in [0.1, 0.15) is 0 Å². The van der Waals surface area contributed by atoms with Crippen molar-refractivity contribution < 1.29 is 14.6 Å². The quantitative estimate of drug-likeness (QED) is 0.788. The molecule has 0 unspecified atom stereocenters. The third-order valence-corrected chi connectivity index (χ3v) is 4.62.